The first-order chi connectivity index (χ1) is 15.0. The van der Waals surface area contributed by atoms with E-state index in [4.69, 9.17) is 18.9 Å². The molecular weight excluding hydrogens is 432 g/mol. The minimum absolute atomic E-state index is 0.0508. The molecule has 5 atom stereocenters. The van der Waals surface area contributed by atoms with Crippen molar-refractivity contribution in [1.29, 1.82) is 0 Å². The topological polar surface area (TPSA) is 138 Å². The Kier molecular flexibility index (Phi) is 6.25. The number of nitrogens with zero attached hydrogens (tertiary/aromatic N) is 4. The van der Waals surface area contributed by atoms with Gasteiger partial charge in [0.2, 0.25) is 0 Å². The van der Waals surface area contributed by atoms with Gasteiger partial charge in [0.15, 0.2) is 35.5 Å². The van der Waals surface area contributed by atoms with Gasteiger partial charge in [0.1, 0.15) is 12.4 Å². The summed E-state index contributed by atoms with van der Waals surface area (Å²) < 4.78 is 43.0. The van der Waals surface area contributed by atoms with E-state index in [9.17, 15) is 9.36 Å². The minimum atomic E-state index is -3.05. The van der Waals surface area contributed by atoms with E-state index in [1.54, 1.807) is 30.3 Å². The van der Waals surface area contributed by atoms with E-state index < -0.39 is 38.8 Å². The van der Waals surface area contributed by atoms with Crippen molar-refractivity contribution in [2.75, 3.05) is 19.0 Å². The quantitative estimate of drug-likeness (QED) is 0.518. The summed E-state index contributed by atoms with van der Waals surface area (Å²) in [5, 5.41) is 2.66. The first kappa shape index (κ1) is 21.3. The molecular formula is C18H18FN5O6P+. The number of benzene rings is 1. The van der Waals surface area contributed by atoms with Crippen molar-refractivity contribution < 1.29 is 32.6 Å². The third kappa shape index (κ3) is 4.29. The van der Waals surface area contributed by atoms with Gasteiger partial charge in [-0.1, -0.05) is 18.2 Å². The zero-order chi connectivity index (χ0) is 22.0. The van der Waals surface area contributed by atoms with Crippen LogP contribution in [-0.4, -0.2) is 62.4 Å². The maximum Gasteiger partial charge on any atom is 0.695 e. The molecule has 0 aliphatic carbocycles. The lowest BCUT2D eigenvalue weighted by molar-refractivity contribution is -0.0518. The molecule has 1 saturated heterocycles. The van der Waals surface area contributed by atoms with Crippen LogP contribution in [0.4, 0.5) is 10.2 Å². The molecule has 2 N–H and O–H groups in total. The average molecular weight is 450 g/mol. The predicted molar refractivity (Wildman–Crippen MR) is 105 cm³/mol. The maximum absolute atomic E-state index is 15.1. The number of hydrogen-bond donors (Lipinski definition) is 2. The number of methoxy groups -OCH3 is 1. The van der Waals surface area contributed by atoms with Crippen LogP contribution in [0, 0.1) is 0 Å². The van der Waals surface area contributed by atoms with Crippen LogP contribution < -0.4 is 5.32 Å². The van der Waals surface area contributed by atoms with Crippen molar-refractivity contribution in [2.45, 2.75) is 24.6 Å². The van der Waals surface area contributed by atoms with Gasteiger partial charge in [-0.3, -0.25) is 9.36 Å². The summed E-state index contributed by atoms with van der Waals surface area (Å²) in [5.74, 6) is -0.248. The third-order valence-corrected chi connectivity index (χ3v) is 5.13. The Bertz CT molecular complexity index is 1100. The van der Waals surface area contributed by atoms with Crippen LogP contribution in [-0.2, 0) is 18.6 Å². The number of hydrogen-bond acceptors (Lipinski definition) is 8. The molecule has 4 rings (SSSR count). The van der Waals surface area contributed by atoms with Gasteiger partial charge in [0.25, 0.3) is 5.91 Å². The fraction of sp³-hybridized carbons (Fsp3) is 0.333. The molecule has 0 saturated carbocycles. The Morgan fingerprint density at radius 2 is 2.10 bits per heavy atom. The molecule has 3 heterocycles. The number of aromatic nitrogens is 4. The lowest BCUT2D eigenvalue weighted by atomic mass is 10.1. The highest BCUT2D eigenvalue weighted by molar-refractivity contribution is 7.32. The van der Waals surface area contributed by atoms with Crippen molar-refractivity contribution in [3.63, 3.8) is 0 Å². The van der Waals surface area contributed by atoms with E-state index in [1.807, 2.05) is 0 Å². The Morgan fingerprint density at radius 3 is 2.81 bits per heavy atom. The van der Waals surface area contributed by atoms with Crippen LogP contribution in [0.3, 0.4) is 0 Å². The monoisotopic (exact) mass is 450 g/mol. The van der Waals surface area contributed by atoms with Gasteiger partial charge in [0, 0.05) is 17.2 Å². The normalized spacial score (nSPS) is 23.8. The molecule has 0 bridgehead atoms. The summed E-state index contributed by atoms with van der Waals surface area (Å²) in [4.78, 5) is 33.9. The molecule has 3 aromatic rings. The lowest BCUT2D eigenvalue weighted by Gasteiger charge is -2.15. The molecule has 11 nitrogen and oxygen atoms in total. The van der Waals surface area contributed by atoms with E-state index in [1.165, 1.54) is 24.3 Å². The van der Waals surface area contributed by atoms with Gasteiger partial charge in [-0.15, -0.1) is 9.42 Å². The van der Waals surface area contributed by atoms with Crippen molar-refractivity contribution >= 4 is 31.1 Å². The van der Waals surface area contributed by atoms with E-state index in [0.29, 0.717) is 5.56 Å². The van der Waals surface area contributed by atoms with Gasteiger partial charge in [-0.2, -0.15) is 0 Å². The molecule has 2 aromatic heterocycles. The second-order valence-electron chi connectivity index (χ2n) is 6.64. The molecule has 1 amide bonds. The number of carbonyl (C=O) groups is 1. The third-order valence-electron chi connectivity index (χ3n) is 4.71. The Hall–Kier alpha value is -2.89. The second kappa shape index (κ2) is 9.08. The first-order valence-electron chi connectivity index (χ1n) is 9.15. The summed E-state index contributed by atoms with van der Waals surface area (Å²) in [7, 11) is -1.66. The largest absolute Gasteiger partial charge is 0.695 e. The standard InChI is InChI=1S/C18H17FN5O6P/c1-28-7-11-14(30-31(26)27)12(19)18(29-11)24-9-22-13-15(20-8-21-16(13)24)23-17(25)10-5-3-2-4-6-10/h2-6,8-9,11-12,14,18H,7H2,1H3,(H-,20,21,23,25,26,27)/p+1/t11-,12-,14-,18-/m1/s1. The van der Waals surface area contributed by atoms with E-state index in [0.717, 1.165) is 0 Å². The maximum atomic E-state index is 15.1. The SMILES string of the molecule is COC[C@H]1O[C@@H](n2cnc3c(NC(=O)c4ccccc4)ncnc32)[C@H](F)[C@@H]1O[P+](=O)O. The fourth-order valence-electron chi connectivity index (χ4n) is 3.35. The summed E-state index contributed by atoms with van der Waals surface area (Å²) in [6.07, 6.45) is -2.80. The number of rotatable bonds is 7. The molecule has 0 spiro atoms. The smallest absolute Gasteiger partial charge is 0.382 e. The molecule has 13 heteroatoms. The molecule has 162 valence electrons. The predicted octanol–water partition coefficient (Wildman–Crippen LogP) is 2.00. The van der Waals surface area contributed by atoms with Crippen LogP contribution in [0.2, 0.25) is 0 Å². The number of nitrogens with one attached hydrogen (secondary N) is 1. The van der Waals surface area contributed by atoms with Gasteiger partial charge in [0.05, 0.1) is 12.9 Å². The van der Waals surface area contributed by atoms with Gasteiger partial charge < -0.3 is 14.8 Å². The minimum Gasteiger partial charge on any atom is -0.382 e. The number of alkyl halides is 1. The second-order valence-corrected chi connectivity index (χ2v) is 7.33. The Balaban J connectivity index is 1.63. The highest BCUT2D eigenvalue weighted by Gasteiger charge is 2.51. The summed E-state index contributed by atoms with van der Waals surface area (Å²) in [5.41, 5.74) is 0.858. The van der Waals surface area contributed by atoms with Crippen molar-refractivity contribution in [1.82, 2.24) is 19.5 Å². The number of amides is 1. The summed E-state index contributed by atoms with van der Waals surface area (Å²) in [6.45, 7) is -0.0508. The van der Waals surface area contributed by atoms with E-state index in [2.05, 4.69) is 20.3 Å². The summed E-state index contributed by atoms with van der Waals surface area (Å²) in [6, 6.07) is 8.54. The van der Waals surface area contributed by atoms with Gasteiger partial charge >= 0.3 is 8.25 Å². The number of fused-ring (bicyclic) bond motifs is 1. The van der Waals surface area contributed by atoms with Crippen LogP contribution in [0.15, 0.2) is 43.0 Å². The van der Waals surface area contributed by atoms with Crippen LogP contribution >= 0.6 is 8.25 Å². The number of imidazole rings is 1. The van der Waals surface area contributed by atoms with Gasteiger partial charge in [-0.05, 0) is 12.1 Å². The number of ether oxygens (including phenoxy) is 2. The van der Waals surface area contributed by atoms with E-state index >= 15 is 4.39 Å². The Morgan fingerprint density at radius 1 is 1.32 bits per heavy atom. The van der Waals surface area contributed by atoms with Crippen LogP contribution in [0.5, 0.6) is 0 Å². The van der Waals surface area contributed by atoms with Crippen molar-refractivity contribution in [3.05, 3.63) is 48.5 Å². The van der Waals surface area contributed by atoms with Gasteiger partial charge in [-0.25, -0.2) is 19.3 Å². The number of halogens is 1. The summed E-state index contributed by atoms with van der Waals surface area (Å²) >= 11 is 0. The van der Waals surface area contributed by atoms with Crippen molar-refractivity contribution in [2.24, 2.45) is 0 Å². The lowest BCUT2D eigenvalue weighted by Crippen LogP contribution is -2.32. The van der Waals surface area contributed by atoms with E-state index in [-0.39, 0.29) is 23.6 Å². The van der Waals surface area contributed by atoms with Crippen LogP contribution in [0.25, 0.3) is 11.2 Å². The molecule has 0 radical (unpaired) electrons. The van der Waals surface area contributed by atoms with Crippen LogP contribution in [0.1, 0.15) is 16.6 Å². The zero-order valence-electron chi connectivity index (χ0n) is 16.2. The fourth-order valence-corrected chi connectivity index (χ4v) is 3.81. The number of anilines is 1. The molecule has 1 aromatic carbocycles. The first-order valence-corrected chi connectivity index (χ1v) is 10.3. The molecule has 1 unspecified atom stereocenters. The molecule has 1 aliphatic heterocycles. The van der Waals surface area contributed by atoms with Crippen molar-refractivity contribution in [3.8, 4) is 0 Å². The molecule has 1 fully saturated rings. The average Bonchev–Trinajstić information content (AvgIpc) is 3.31. The number of carbonyl (C=O) groups excluding carboxylic acids is 1. The highest BCUT2D eigenvalue weighted by Crippen LogP contribution is 2.39. The molecule has 1 aliphatic rings. The molecule has 31 heavy (non-hydrogen) atoms. The highest BCUT2D eigenvalue weighted by atomic mass is 31.1. The Labute approximate surface area is 176 Å². The zero-order valence-corrected chi connectivity index (χ0v) is 17.1.